The van der Waals surface area contributed by atoms with Gasteiger partial charge < -0.3 is 20.1 Å². The molecule has 0 radical (unpaired) electrons. The minimum absolute atomic E-state index is 0.345. The topological polar surface area (TPSA) is 103 Å². The molecule has 2 heterocycles. The van der Waals surface area contributed by atoms with Crippen molar-refractivity contribution in [2.24, 2.45) is 11.7 Å². The molecule has 3 rings (SSSR count). The minimum Gasteiger partial charge on any atom is -0.493 e. The molecule has 134 valence electrons. The number of likely N-dealkylation sites (tertiary alicyclic amines) is 1. The first-order valence-electron chi connectivity index (χ1n) is 8.27. The Bertz CT molecular complexity index is 759. The average molecular weight is 345 g/mol. The Balaban J connectivity index is 1.81. The second-order valence-electron chi connectivity index (χ2n) is 6.29. The van der Waals surface area contributed by atoms with Crippen molar-refractivity contribution in [3.8, 4) is 11.5 Å². The molecule has 25 heavy (non-hydrogen) atoms. The molecule has 0 unspecified atom stereocenters. The van der Waals surface area contributed by atoms with Crippen LogP contribution < -0.4 is 20.5 Å². The van der Waals surface area contributed by atoms with E-state index < -0.39 is 6.03 Å². The number of benzene rings is 1. The van der Waals surface area contributed by atoms with Gasteiger partial charge in [-0.05, 0) is 45.0 Å². The van der Waals surface area contributed by atoms with Crippen molar-refractivity contribution >= 4 is 22.8 Å². The maximum atomic E-state index is 11.1. The van der Waals surface area contributed by atoms with Gasteiger partial charge in [0, 0.05) is 11.5 Å². The molecular formula is C17H23N5O3. The maximum Gasteiger partial charge on any atom is 0.317 e. The van der Waals surface area contributed by atoms with Crippen molar-refractivity contribution in [3.63, 3.8) is 0 Å². The summed E-state index contributed by atoms with van der Waals surface area (Å²) in [6.07, 6.45) is 3.63. The summed E-state index contributed by atoms with van der Waals surface area (Å²) >= 11 is 0. The third-order valence-corrected chi connectivity index (χ3v) is 4.48. The fourth-order valence-electron chi connectivity index (χ4n) is 2.99. The van der Waals surface area contributed by atoms with Crippen molar-refractivity contribution in [1.82, 2.24) is 14.9 Å². The average Bonchev–Trinajstić information content (AvgIpc) is 2.60. The monoisotopic (exact) mass is 345 g/mol. The van der Waals surface area contributed by atoms with Crippen LogP contribution in [0.25, 0.3) is 10.9 Å². The normalized spacial score (nSPS) is 15.9. The van der Waals surface area contributed by atoms with Crippen molar-refractivity contribution in [2.45, 2.75) is 12.8 Å². The number of amides is 2. The highest BCUT2D eigenvalue weighted by molar-refractivity contribution is 5.98. The van der Waals surface area contributed by atoms with Crippen LogP contribution in [0.5, 0.6) is 11.5 Å². The lowest BCUT2D eigenvalue weighted by Gasteiger charge is -2.28. The van der Waals surface area contributed by atoms with E-state index in [1.54, 1.807) is 19.2 Å². The van der Waals surface area contributed by atoms with Crippen molar-refractivity contribution in [1.29, 1.82) is 0 Å². The van der Waals surface area contributed by atoms with Crippen LogP contribution in [0.3, 0.4) is 0 Å². The van der Waals surface area contributed by atoms with E-state index >= 15 is 0 Å². The first-order chi connectivity index (χ1) is 12.1. The molecule has 1 aromatic carbocycles. The van der Waals surface area contributed by atoms with Gasteiger partial charge in [0.25, 0.3) is 0 Å². The molecule has 0 aliphatic carbocycles. The van der Waals surface area contributed by atoms with Gasteiger partial charge in [-0.1, -0.05) is 0 Å². The highest BCUT2D eigenvalue weighted by Gasteiger charge is 2.19. The number of urea groups is 1. The zero-order valence-corrected chi connectivity index (χ0v) is 14.5. The Morgan fingerprint density at radius 2 is 2.08 bits per heavy atom. The number of nitrogens with one attached hydrogen (secondary N) is 1. The molecule has 0 spiro atoms. The number of anilines is 1. The van der Waals surface area contributed by atoms with E-state index in [9.17, 15) is 4.79 Å². The lowest BCUT2D eigenvalue weighted by Crippen LogP contribution is -2.32. The lowest BCUT2D eigenvalue weighted by atomic mass is 9.98. The standard InChI is InChI=1S/C17H23N5O3/c1-22-5-3-11(4-6-22)9-25-15-8-13-12(7-14(15)24-2)16(20-10-19-13)21-17(18)23/h7-8,10-11H,3-6,9H2,1-2H3,(H3,18,19,20,21,23). The molecule has 1 aliphatic rings. The number of primary amides is 1. The van der Waals surface area contributed by atoms with E-state index in [4.69, 9.17) is 15.2 Å². The Morgan fingerprint density at radius 3 is 2.76 bits per heavy atom. The highest BCUT2D eigenvalue weighted by Crippen LogP contribution is 2.34. The Labute approximate surface area is 146 Å². The predicted octanol–water partition coefficient (Wildman–Crippen LogP) is 1.85. The molecular weight excluding hydrogens is 322 g/mol. The molecule has 0 atom stereocenters. The van der Waals surface area contributed by atoms with Gasteiger partial charge in [0.1, 0.15) is 12.1 Å². The van der Waals surface area contributed by atoms with Crippen molar-refractivity contribution in [2.75, 3.05) is 39.2 Å². The number of hydrogen-bond donors (Lipinski definition) is 2. The van der Waals surface area contributed by atoms with Crippen LogP contribution in [0, 0.1) is 5.92 Å². The van der Waals surface area contributed by atoms with E-state index in [2.05, 4.69) is 27.2 Å². The summed E-state index contributed by atoms with van der Waals surface area (Å²) in [4.78, 5) is 21.8. The molecule has 1 aromatic heterocycles. The Morgan fingerprint density at radius 1 is 1.32 bits per heavy atom. The summed E-state index contributed by atoms with van der Waals surface area (Å²) in [7, 11) is 3.72. The smallest absolute Gasteiger partial charge is 0.317 e. The van der Waals surface area contributed by atoms with Crippen LogP contribution in [0.15, 0.2) is 18.5 Å². The third kappa shape index (κ3) is 4.08. The number of carbonyl (C=O) groups excluding carboxylic acids is 1. The molecule has 2 amide bonds. The molecule has 8 nitrogen and oxygen atoms in total. The van der Waals surface area contributed by atoms with E-state index in [1.807, 2.05) is 0 Å². The Hall–Kier alpha value is -2.61. The highest BCUT2D eigenvalue weighted by atomic mass is 16.5. The molecule has 2 aromatic rings. The quantitative estimate of drug-likeness (QED) is 0.857. The number of nitrogens with two attached hydrogens (primary N) is 1. The summed E-state index contributed by atoms with van der Waals surface area (Å²) < 4.78 is 11.5. The number of methoxy groups -OCH3 is 1. The number of piperidine rings is 1. The number of aromatic nitrogens is 2. The molecule has 8 heteroatoms. The van der Waals surface area contributed by atoms with Gasteiger partial charge in [0.15, 0.2) is 11.5 Å². The van der Waals surface area contributed by atoms with Crippen LogP contribution in [-0.4, -0.2) is 54.8 Å². The van der Waals surface area contributed by atoms with Crippen LogP contribution in [-0.2, 0) is 0 Å². The second-order valence-corrected chi connectivity index (χ2v) is 6.29. The minimum atomic E-state index is -0.679. The molecule has 0 bridgehead atoms. The SMILES string of the molecule is COc1cc2c(NC(N)=O)ncnc2cc1OCC1CCN(C)CC1. The maximum absolute atomic E-state index is 11.1. The van der Waals surface area contributed by atoms with Crippen molar-refractivity contribution < 1.29 is 14.3 Å². The van der Waals surface area contributed by atoms with E-state index in [1.165, 1.54) is 6.33 Å². The summed E-state index contributed by atoms with van der Waals surface area (Å²) in [6.45, 7) is 2.84. The lowest BCUT2D eigenvalue weighted by molar-refractivity contribution is 0.157. The van der Waals surface area contributed by atoms with Gasteiger partial charge in [-0.25, -0.2) is 14.8 Å². The van der Waals surface area contributed by atoms with Crippen LogP contribution in [0.1, 0.15) is 12.8 Å². The molecule has 1 fully saturated rings. The zero-order chi connectivity index (χ0) is 17.8. The predicted molar refractivity (Wildman–Crippen MR) is 95.0 cm³/mol. The molecule has 1 saturated heterocycles. The first-order valence-corrected chi connectivity index (χ1v) is 8.27. The van der Waals surface area contributed by atoms with E-state index in [-0.39, 0.29) is 0 Å². The first kappa shape index (κ1) is 17.2. The number of hydrogen-bond acceptors (Lipinski definition) is 6. The summed E-state index contributed by atoms with van der Waals surface area (Å²) in [5.41, 5.74) is 5.84. The van der Waals surface area contributed by atoms with Gasteiger partial charge in [-0.2, -0.15) is 0 Å². The third-order valence-electron chi connectivity index (χ3n) is 4.48. The van der Waals surface area contributed by atoms with Gasteiger partial charge in [0.05, 0.1) is 19.2 Å². The Kier molecular flexibility index (Phi) is 5.18. The summed E-state index contributed by atoms with van der Waals surface area (Å²) in [5, 5.41) is 3.14. The van der Waals surface area contributed by atoms with Gasteiger partial charge >= 0.3 is 6.03 Å². The van der Waals surface area contributed by atoms with Crippen LogP contribution in [0.2, 0.25) is 0 Å². The fourth-order valence-corrected chi connectivity index (χ4v) is 2.99. The number of rotatable bonds is 5. The van der Waals surface area contributed by atoms with Gasteiger partial charge in [-0.3, -0.25) is 5.32 Å². The van der Waals surface area contributed by atoms with Crippen molar-refractivity contribution in [3.05, 3.63) is 18.5 Å². The number of ether oxygens (including phenoxy) is 2. The van der Waals surface area contributed by atoms with Crippen LogP contribution >= 0.6 is 0 Å². The summed E-state index contributed by atoms with van der Waals surface area (Å²) in [5.74, 6) is 2.09. The van der Waals surface area contributed by atoms with E-state index in [0.717, 1.165) is 25.9 Å². The molecule has 0 saturated carbocycles. The van der Waals surface area contributed by atoms with Gasteiger partial charge in [0.2, 0.25) is 0 Å². The summed E-state index contributed by atoms with van der Waals surface area (Å²) in [6, 6.07) is 2.88. The largest absolute Gasteiger partial charge is 0.493 e. The van der Waals surface area contributed by atoms with Crippen LogP contribution in [0.4, 0.5) is 10.6 Å². The molecule has 3 N–H and O–H groups in total. The number of nitrogens with zero attached hydrogens (tertiary/aromatic N) is 3. The second kappa shape index (κ2) is 7.52. The number of fused-ring (bicyclic) bond motifs is 1. The number of carbonyl (C=O) groups is 1. The van der Waals surface area contributed by atoms with Gasteiger partial charge in [-0.15, -0.1) is 0 Å². The molecule has 1 aliphatic heterocycles. The fraction of sp³-hybridized carbons (Fsp3) is 0.471. The van der Waals surface area contributed by atoms with E-state index in [0.29, 0.717) is 40.7 Å². The zero-order valence-electron chi connectivity index (χ0n) is 14.5.